The lowest BCUT2D eigenvalue weighted by molar-refractivity contribution is 0.0828. The summed E-state index contributed by atoms with van der Waals surface area (Å²) in [4.78, 5) is 18.3. The summed E-state index contributed by atoms with van der Waals surface area (Å²) in [5, 5.41) is 4.71. The van der Waals surface area contributed by atoms with E-state index in [0.29, 0.717) is 12.1 Å². The van der Waals surface area contributed by atoms with Crippen molar-refractivity contribution in [3.63, 3.8) is 0 Å². The Hall–Kier alpha value is -3.73. The van der Waals surface area contributed by atoms with Crippen LogP contribution in [-0.4, -0.2) is 39.7 Å². The third-order valence-electron chi connectivity index (χ3n) is 4.74. The zero-order chi connectivity index (χ0) is 20.2. The van der Waals surface area contributed by atoms with Crippen LogP contribution in [0.5, 0.6) is 0 Å². The molecule has 2 heterocycles. The van der Waals surface area contributed by atoms with E-state index in [1.165, 1.54) is 0 Å². The summed E-state index contributed by atoms with van der Waals surface area (Å²) in [5.41, 5.74) is 5.62. The minimum absolute atomic E-state index is 0.00764. The predicted octanol–water partition coefficient (Wildman–Crippen LogP) is 4.36. The van der Waals surface area contributed by atoms with E-state index in [1.54, 1.807) is 25.2 Å². The highest BCUT2D eigenvalue weighted by Gasteiger charge is 2.14. The van der Waals surface area contributed by atoms with Gasteiger partial charge in [-0.1, -0.05) is 42.5 Å². The summed E-state index contributed by atoms with van der Waals surface area (Å²) in [6.45, 7) is 0.674. The molecule has 1 amide bonds. The molecule has 0 fully saturated rings. The van der Waals surface area contributed by atoms with Gasteiger partial charge >= 0.3 is 0 Å². The molecule has 0 aliphatic heterocycles. The molecule has 4 aromatic rings. The average Bonchev–Trinajstić information content (AvgIpc) is 3.22. The Bertz CT molecular complexity index is 1130. The Morgan fingerprint density at radius 3 is 2.59 bits per heavy atom. The second-order valence-electron chi connectivity index (χ2n) is 7.09. The van der Waals surface area contributed by atoms with Gasteiger partial charge in [-0.2, -0.15) is 5.10 Å². The number of pyridine rings is 1. The topological polar surface area (TPSA) is 51.0 Å². The molecule has 5 nitrogen and oxygen atoms in total. The summed E-state index contributed by atoms with van der Waals surface area (Å²) >= 11 is 0. The molecule has 144 valence electrons. The van der Waals surface area contributed by atoms with Gasteiger partial charge in [-0.3, -0.25) is 14.5 Å². The van der Waals surface area contributed by atoms with Crippen molar-refractivity contribution in [3.8, 4) is 22.4 Å². The lowest BCUT2D eigenvalue weighted by Gasteiger charge is -2.14. The normalized spacial score (nSPS) is 10.7. The number of nitrogens with zero attached hydrogens (tertiary/aromatic N) is 4. The first-order chi connectivity index (χ1) is 14.1. The molecule has 0 radical (unpaired) electrons. The molecule has 0 aliphatic carbocycles. The van der Waals surface area contributed by atoms with Crippen molar-refractivity contribution in [1.29, 1.82) is 0 Å². The van der Waals surface area contributed by atoms with Gasteiger partial charge in [0, 0.05) is 43.8 Å². The van der Waals surface area contributed by atoms with Crippen molar-refractivity contribution in [2.24, 2.45) is 0 Å². The number of benzene rings is 2. The Labute approximate surface area is 170 Å². The largest absolute Gasteiger partial charge is 0.345 e. The highest BCUT2D eigenvalue weighted by molar-refractivity contribution is 6.00. The Morgan fingerprint density at radius 1 is 0.966 bits per heavy atom. The quantitative estimate of drug-likeness (QED) is 0.515. The van der Waals surface area contributed by atoms with Crippen LogP contribution < -0.4 is 0 Å². The molecular weight excluding hydrogens is 360 g/mol. The van der Waals surface area contributed by atoms with E-state index in [0.717, 1.165) is 27.9 Å². The molecule has 0 bridgehead atoms. The maximum Gasteiger partial charge on any atom is 0.253 e. The molecule has 2 aromatic carbocycles. The second kappa shape index (κ2) is 8.10. The fourth-order valence-electron chi connectivity index (χ4n) is 3.29. The SMILES string of the molecule is CN(C)C(=O)c1ccccc1-c1cccc(-c2ccn(Cc3cccnc3)n2)c1. The maximum absolute atomic E-state index is 12.6. The summed E-state index contributed by atoms with van der Waals surface area (Å²) in [6.07, 6.45) is 5.58. The van der Waals surface area contributed by atoms with Gasteiger partial charge in [-0.15, -0.1) is 0 Å². The summed E-state index contributed by atoms with van der Waals surface area (Å²) in [7, 11) is 3.54. The monoisotopic (exact) mass is 382 g/mol. The third kappa shape index (κ3) is 4.09. The molecule has 0 atom stereocenters. The van der Waals surface area contributed by atoms with Gasteiger partial charge in [0.05, 0.1) is 12.2 Å². The fraction of sp³-hybridized carbons (Fsp3) is 0.125. The van der Waals surface area contributed by atoms with Crippen LogP contribution in [0.25, 0.3) is 22.4 Å². The first-order valence-corrected chi connectivity index (χ1v) is 9.45. The van der Waals surface area contributed by atoms with Gasteiger partial charge in [0.25, 0.3) is 5.91 Å². The first kappa shape index (κ1) is 18.6. The molecule has 0 unspecified atom stereocenters. The highest BCUT2D eigenvalue weighted by Crippen LogP contribution is 2.28. The van der Waals surface area contributed by atoms with Gasteiger partial charge in [0.1, 0.15) is 0 Å². The number of carbonyl (C=O) groups excluding carboxylic acids is 1. The van der Waals surface area contributed by atoms with E-state index >= 15 is 0 Å². The van der Waals surface area contributed by atoms with Gasteiger partial charge in [0.2, 0.25) is 0 Å². The van der Waals surface area contributed by atoms with E-state index in [2.05, 4.69) is 11.1 Å². The predicted molar refractivity (Wildman–Crippen MR) is 114 cm³/mol. The van der Waals surface area contributed by atoms with E-state index in [1.807, 2.05) is 77.7 Å². The summed E-state index contributed by atoms with van der Waals surface area (Å²) < 4.78 is 1.91. The summed E-state index contributed by atoms with van der Waals surface area (Å²) in [6, 6.07) is 21.8. The zero-order valence-electron chi connectivity index (χ0n) is 16.5. The Balaban J connectivity index is 1.65. The van der Waals surface area contributed by atoms with Gasteiger partial charge in [-0.25, -0.2) is 0 Å². The zero-order valence-corrected chi connectivity index (χ0v) is 16.5. The van der Waals surface area contributed by atoms with E-state index in [9.17, 15) is 4.79 Å². The van der Waals surface area contributed by atoms with Crippen LogP contribution in [0.4, 0.5) is 0 Å². The number of aromatic nitrogens is 3. The molecule has 29 heavy (non-hydrogen) atoms. The van der Waals surface area contributed by atoms with E-state index in [-0.39, 0.29) is 5.91 Å². The number of amides is 1. The van der Waals surface area contributed by atoms with E-state index in [4.69, 9.17) is 5.10 Å². The number of rotatable bonds is 5. The molecule has 0 saturated carbocycles. The van der Waals surface area contributed by atoms with Crippen molar-refractivity contribution < 1.29 is 4.79 Å². The first-order valence-electron chi connectivity index (χ1n) is 9.45. The maximum atomic E-state index is 12.6. The molecule has 5 heteroatoms. The fourth-order valence-corrected chi connectivity index (χ4v) is 3.29. The molecule has 4 rings (SSSR count). The summed E-state index contributed by atoms with van der Waals surface area (Å²) in [5.74, 6) is -0.00764. The molecule has 0 saturated heterocycles. The molecule has 2 aromatic heterocycles. The van der Waals surface area contributed by atoms with Crippen LogP contribution in [0.1, 0.15) is 15.9 Å². The highest BCUT2D eigenvalue weighted by atomic mass is 16.2. The van der Waals surface area contributed by atoms with Crippen molar-refractivity contribution in [2.45, 2.75) is 6.54 Å². The van der Waals surface area contributed by atoms with E-state index < -0.39 is 0 Å². The minimum atomic E-state index is -0.00764. The van der Waals surface area contributed by atoms with Crippen molar-refractivity contribution in [3.05, 3.63) is 96.4 Å². The van der Waals surface area contributed by atoms with Crippen LogP contribution in [0.3, 0.4) is 0 Å². The lowest BCUT2D eigenvalue weighted by Crippen LogP contribution is -2.22. The lowest BCUT2D eigenvalue weighted by atomic mass is 9.97. The molecule has 0 aliphatic rings. The van der Waals surface area contributed by atoms with Crippen LogP contribution in [0, 0.1) is 0 Å². The molecule has 0 spiro atoms. The van der Waals surface area contributed by atoms with Crippen LogP contribution >= 0.6 is 0 Å². The number of hydrogen-bond donors (Lipinski definition) is 0. The number of carbonyl (C=O) groups is 1. The van der Waals surface area contributed by atoms with Crippen LogP contribution in [0.15, 0.2) is 85.3 Å². The Kier molecular flexibility index (Phi) is 5.20. The van der Waals surface area contributed by atoms with Crippen molar-refractivity contribution in [1.82, 2.24) is 19.7 Å². The minimum Gasteiger partial charge on any atom is -0.345 e. The van der Waals surface area contributed by atoms with Gasteiger partial charge in [0.15, 0.2) is 0 Å². The third-order valence-corrected chi connectivity index (χ3v) is 4.74. The smallest absolute Gasteiger partial charge is 0.253 e. The average molecular weight is 382 g/mol. The van der Waals surface area contributed by atoms with Crippen LogP contribution in [0.2, 0.25) is 0 Å². The molecular formula is C24H22N4O. The van der Waals surface area contributed by atoms with Gasteiger partial charge < -0.3 is 4.90 Å². The Morgan fingerprint density at radius 2 is 1.79 bits per heavy atom. The number of hydrogen-bond acceptors (Lipinski definition) is 3. The van der Waals surface area contributed by atoms with Gasteiger partial charge in [-0.05, 0) is 41.0 Å². The standard InChI is InChI=1S/C24H22N4O/c1-27(2)24(29)22-11-4-3-10-21(22)19-8-5-9-20(15-19)23-12-14-28(26-23)17-18-7-6-13-25-16-18/h3-16H,17H2,1-2H3. The van der Waals surface area contributed by atoms with Crippen molar-refractivity contribution >= 4 is 5.91 Å². The van der Waals surface area contributed by atoms with Crippen LogP contribution in [-0.2, 0) is 6.54 Å². The second-order valence-corrected chi connectivity index (χ2v) is 7.09. The van der Waals surface area contributed by atoms with Crippen molar-refractivity contribution in [2.75, 3.05) is 14.1 Å². The molecule has 0 N–H and O–H groups in total.